The number of para-hydroxylation sites is 3. The SMILES string of the molecule is CC1(C)c2ccccc2-c2ccc(-c3cccc4c5ccc(-n6c7ccccc7c7cc(-c8ccc9c(c8)c8ccccc8n9-c8ccccc8)ccc76)cc5c5ccccc5c34)cc21. The Hall–Kier alpha value is -8.20. The Labute approximate surface area is 376 Å². The van der Waals surface area contributed by atoms with Crippen molar-refractivity contribution in [2.75, 3.05) is 0 Å². The molecule has 2 heterocycles. The van der Waals surface area contributed by atoms with Crippen molar-refractivity contribution in [1.82, 2.24) is 9.13 Å². The maximum Gasteiger partial charge on any atom is 0.0541 e. The Morgan fingerprint density at radius 3 is 1.49 bits per heavy atom. The molecule has 11 aromatic carbocycles. The van der Waals surface area contributed by atoms with Gasteiger partial charge in [-0.25, -0.2) is 0 Å². The molecule has 304 valence electrons. The van der Waals surface area contributed by atoms with Crippen LogP contribution in [0.15, 0.2) is 218 Å². The van der Waals surface area contributed by atoms with E-state index in [0.29, 0.717) is 0 Å². The highest BCUT2D eigenvalue weighted by atomic mass is 15.0. The van der Waals surface area contributed by atoms with Crippen molar-refractivity contribution in [1.29, 1.82) is 0 Å². The Morgan fingerprint density at radius 2 is 0.785 bits per heavy atom. The van der Waals surface area contributed by atoms with Gasteiger partial charge in [0.05, 0.1) is 22.1 Å². The summed E-state index contributed by atoms with van der Waals surface area (Å²) in [6.45, 7) is 4.74. The predicted molar refractivity (Wildman–Crippen MR) is 276 cm³/mol. The van der Waals surface area contributed by atoms with Gasteiger partial charge in [-0.1, -0.05) is 166 Å². The third-order valence-corrected chi connectivity index (χ3v) is 14.7. The lowest BCUT2D eigenvalue weighted by Crippen LogP contribution is -2.14. The molecule has 2 nitrogen and oxygen atoms in total. The van der Waals surface area contributed by atoms with E-state index in [1.165, 1.54) is 126 Å². The maximum atomic E-state index is 2.46. The first kappa shape index (κ1) is 36.3. The highest BCUT2D eigenvalue weighted by Crippen LogP contribution is 2.51. The zero-order valence-electron chi connectivity index (χ0n) is 36.2. The van der Waals surface area contributed by atoms with Gasteiger partial charge in [0.15, 0.2) is 0 Å². The molecule has 65 heavy (non-hydrogen) atoms. The highest BCUT2D eigenvalue weighted by Gasteiger charge is 2.35. The first-order valence-corrected chi connectivity index (χ1v) is 22.8. The van der Waals surface area contributed by atoms with E-state index in [1.54, 1.807) is 0 Å². The number of hydrogen-bond donors (Lipinski definition) is 0. The Balaban J connectivity index is 0.927. The second-order valence-corrected chi connectivity index (χ2v) is 18.4. The molecule has 1 aliphatic rings. The molecule has 2 heteroatoms. The van der Waals surface area contributed by atoms with Crippen LogP contribution in [-0.4, -0.2) is 9.13 Å². The number of fused-ring (bicyclic) bond motifs is 15. The molecule has 14 rings (SSSR count). The van der Waals surface area contributed by atoms with E-state index in [-0.39, 0.29) is 5.41 Å². The fraction of sp³-hybridized carbons (Fsp3) is 0.0476. The standard InChI is InChI=1S/C63H42N2/c1-63(2)56-24-11-8-18-47(56)48-31-27-41(37-57(48)63)44-22-14-23-52-46-32-30-43(38-53(46)45-17-6-7-21-51(45)62(44)52)65-59-26-13-10-20-50(59)55-36-40(29-34-61(55)65)39-28-33-60-54(35-39)49-19-9-12-25-58(49)64(60)42-15-4-3-5-16-42/h3-38H,1-2H3. The molecule has 0 amide bonds. The summed E-state index contributed by atoms with van der Waals surface area (Å²) >= 11 is 0. The minimum absolute atomic E-state index is 0.0637. The van der Waals surface area contributed by atoms with Crippen LogP contribution in [0.3, 0.4) is 0 Å². The summed E-state index contributed by atoms with van der Waals surface area (Å²) in [4.78, 5) is 0. The van der Waals surface area contributed by atoms with Gasteiger partial charge in [-0.2, -0.15) is 0 Å². The normalized spacial score (nSPS) is 13.2. The van der Waals surface area contributed by atoms with Crippen LogP contribution in [0.5, 0.6) is 0 Å². The van der Waals surface area contributed by atoms with Crippen molar-refractivity contribution in [3.8, 4) is 44.8 Å². The molecule has 0 aliphatic heterocycles. The van der Waals surface area contributed by atoms with E-state index in [1.807, 2.05) is 0 Å². The third-order valence-electron chi connectivity index (χ3n) is 14.7. The van der Waals surface area contributed by atoms with Crippen molar-refractivity contribution in [2.24, 2.45) is 0 Å². The van der Waals surface area contributed by atoms with E-state index in [9.17, 15) is 0 Å². The molecular weight excluding hydrogens is 785 g/mol. The monoisotopic (exact) mass is 826 g/mol. The van der Waals surface area contributed by atoms with Crippen LogP contribution in [0, 0.1) is 0 Å². The summed E-state index contributed by atoms with van der Waals surface area (Å²) in [5.74, 6) is 0. The predicted octanol–water partition coefficient (Wildman–Crippen LogP) is 17.0. The molecule has 0 radical (unpaired) electrons. The summed E-state index contributed by atoms with van der Waals surface area (Å²) in [7, 11) is 0. The highest BCUT2D eigenvalue weighted by molar-refractivity contribution is 6.29. The van der Waals surface area contributed by atoms with Crippen molar-refractivity contribution in [3.05, 3.63) is 230 Å². The zero-order chi connectivity index (χ0) is 43.0. The fourth-order valence-electron chi connectivity index (χ4n) is 11.7. The first-order valence-electron chi connectivity index (χ1n) is 22.8. The van der Waals surface area contributed by atoms with Crippen molar-refractivity contribution in [3.63, 3.8) is 0 Å². The van der Waals surface area contributed by atoms with Crippen LogP contribution in [0.2, 0.25) is 0 Å². The van der Waals surface area contributed by atoms with E-state index in [0.717, 1.165) is 5.69 Å². The lowest BCUT2D eigenvalue weighted by molar-refractivity contribution is 0.660. The summed E-state index contributed by atoms with van der Waals surface area (Å²) in [6, 6.07) is 81.4. The maximum absolute atomic E-state index is 2.46. The number of benzene rings is 11. The quantitative estimate of drug-likeness (QED) is 0.156. The molecule has 0 bridgehead atoms. The lowest BCUT2D eigenvalue weighted by Gasteiger charge is -2.22. The average molecular weight is 827 g/mol. The van der Waals surface area contributed by atoms with Gasteiger partial charge in [-0.05, 0) is 144 Å². The van der Waals surface area contributed by atoms with E-state index >= 15 is 0 Å². The molecule has 0 unspecified atom stereocenters. The zero-order valence-corrected chi connectivity index (χ0v) is 36.2. The van der Waals surface area contributed by atoms with Gasteiger partial charge < -0.3 is 9.13 Å². The molecule has 0 fully saturated rings. The van der Waals surface area contributed by atoms with Gasteiger partial charge in [0.1, 0.15) is 0 Å². The number of nitrogens with zero attached hydrogens (tertiary/aromatic N) is 2. The molecule has 13 aromatic rings. The van der Waals surface area contributed by atoms with Crippen LogP contribution in [-0.2, 0) is 5.41 Å². The van der Waals surface area contributed by atoms with Gasteiger partial charge >= 0.3 is 0 Å². The Kier molecular flexibility index (Phi) is 7.49. The summed E-state index contributed by atoms with van der Waals surface area (Å²) in [5.41, 5.74) is 17.6. The minimum atomic E-state index is -0.0637. The summed E-state index contributed by atoms with van der Waals surface area (Å²) in [6.07, 6.45) is 0. The van der Waals surface area contributed by atoms with Crippen LogP contribution in [0.25, 0.3) is 121 Å². The van der Waals surface area contributed by atoms with Crippen LogP contribution >= 0.6 is 0 Å². The second-order valence-electron chi connectivity index (χ2n) is 18.4. The van der Waals surface area contributed by atoms with Gasteiger partial charge in [0.25, 0.3) is 0 Å². The van der Waals surface area contributed by atoms with E-state index < -0.39 is 0 Å². The van der Waals surface area contributed by atoms with Crippen LogP contribution in [0.4, 0.5) is 0 Å². The third kappa shape index (κ3) is 5.11. The minimum Gasteiger partial charge on any atom is -0.309 e. The second kappa shape index (κ2) is 13.4. The van der Waals surface area contributed by atoms with Gasteiger partial charge in [0, 0.05) is 38.3 Å². The fourth-order valence-corrected chi connectivity index (χ4v) is 11.7. The molecule has 0 spiro atoms. The van der Waals surface area contributed by atoms with Crippen molar-refractivity contribution < 1.29 is 0 Å². The van der Waals surface area contributed by atoms with Crippen molar-refractivity contribution >= 4 is 75.9 Å². The lowest BCUT2D eigenvalue weighted by atomic mass is 9.81. The van der Waals surface area contributed by atoms with E-state index in [2.05, 4.69) is 241 Å². The van der Waals surface area contributed by atoms with Crippen LogP contribution in [0.1, 0.15) is 25.0 Å². The molecule has 1 aliphatic carbocycles. The largest absolute Gasteiger partial charge is 0.309 e. The number of aromatic nitrogens is 2. The van der Waals surface area contributed by atoms with Gasteiger partial charge in [0.2, 0.25) is 0 Å². The van der Waals surface area contributed by atoms with Crippen LogP contribution < -0.4 is 0 Å². The van der Waals surface area contributed by atoms with E-state index in [4.69, 9.17) is 0 Å². The topological polar surface area (TPSA) is 9.86 Å². The van der Waals surface area contributed by atoms with Crippen molar-refractivity contribution in [2.45, 2.75) is 19.3 Å². The average Bonchev–Trinajstić information content (AvgIpc) is 3.96. The first-order chi connectivity index (χ1) is 32.0. The smallest absolute Gasteiger partial charge is 0.0541 e. The van der Waals surface area contributed by atoms with Gasteiger partial charge in [-0.3, -0.25) is 0 Å². The molecular formula is C63H42N2. The molecule has 2 aromatic heterocycles. The molecule has 0 saturated heterocycles. The Bertz CT molecular complexity index is 4110. The molecule has 0 saturated carbocycles. The molecule has 0 N–H and O–H groups in total. The number of rotatable bonds is 4. The Morgan fingerprint density at radius 1 is 0.277 bits per heavy atom. The molecule has 0 atom stereocenters. The summed E-state index contributed by atoms with van der Waals surface area (Å²) in [5, 5.41) is 12.7. The number of hydrogen-bond acceptors (Lipinski definition) is 0. The summed E-state index contributed by atoms with van der Waals surface area (Å²) < 4.78 is 4.85. The van der Waals surface area contributed by atoms with Gasteiger partial charge in [-0.15, -0.1) is 0 Å².